The predicted octanol–water partition coefficient (Wildman–Crippen LogP) is 3.72. The Balaban J connectivity index is 1.89. The van der Waals surface area contributed by atoms with Crippen LogP contribution in [0.2, 0.25) is 0 Å². The molecule has 1 saturated heterocycles. The normalized spacial score (nSPS) is 16.8. The third-order valence-corrected chi connectivity index (χ3v) is 5.52. The Kier molecular flexibility index (Phi) is 5.85. The molecule has 29 heavy (non-hydrogen) atoms. The van der Waals surface area contributed by atoms with Crippen LogP contribution in [0.15, 0.2) is 41.8 Å². The van der Waals surface area contributed by atoms with E-state index in [1.807, 2.05) is 44.4 Å². The van der Waals surface area contributed by atoms with Gasteiger partial charge in [0, 0.05) is 11.3 Å². The molecule has 1 fully saturated rings. The van der Waals surface area contributed by atoms with Crippen molar-refractivity contribution in [1.29, 1.82) is 5.26 Å². The molecule has 7 heteroatoms. The lowest BCUT2D eigenvalue weighted by atomic mass is 9.91. The van der Waals surface area contributed by atoms with Gasteiger partial charge in [0.2, 0.25) is 11.8 Å². The fraction of sp³-hybridized carbons (Fsp3) is 0.364. The zero-order valence-corrected chi connectivity index (χ0v) is 17.5. The molecule has 0 saturated carbocycles. The number of imide groups is 1. The molecule has 0 radical (unpaired) electrons. The van der Waals surface area contributed by atoms with E-state index in [-0.39, 0.29) is 30.1 Å². The van der Waals surface area contributed by atoms with Crippen LogP contribution in [-0.2, 0) is 20.9 Å². The van der Waals surface area contributed by atoms with E-state index < -0.39 is 11.9 Å². The Morgan fingerprint density at radius 3 is 2.48 bits per heavy atom. The molecule has 1 aromatic heterocycles. The molecule has 2 heterocycles. The number of carbonyl (C=O) groups is 3. The lowest BCUT2D eigenvalue weighted by Gasteiger charge is -2.30. The first kappa shape index (κ1) is 20.7. The van der Waals surface area contributed by atoms with Gasteiger partial charge in [0.25, 0.3) is 5.91 Å². The number of anilines is 1. The van der Waals surface area contributed by atoms with Crippen molar-refractivity contribution in [3.05, 3.63) is 52.2 Å². The summed E-state index contributed by atoms with van der Waals surface area (Å²) < 4.78 is 0. The van der Waals surface area contributed by atoms with Crippen LogP contribution in [0.1, 0.15) is 44.1 Å². The van der Waals surface area contributed by atoms with Crippen molar-refractivity contribution >= 4 is 34.7 Å². The summed E-state index contributed by atoms with van der Waals surface area (Å²) >= 11 is 1.51. The molecule has 3 rings (SSSR count). The van der Waals surface area contributed by atoms with Gasteiger partial charge in [0.1, 0.15) is 6.04 Å². The third kappa shape index (κ3) is 4.72. The van der Waals surface area contributed by atoms with Crippen molar-refractivity contribution in [2.24, 2.45) is 5.41 Å². The number of thiophene rings is 1. The van der Waals surface area contributed by atoms with Crippen LogP contribution in [0, 0.1) is 16.7 Å². The van der Waals surface area contributed by atoms with Gasteiger partial charge < -0.3 is 4.90 Å². The SMILES string of the molecule is CC(C)(C)CC(=O)N(Cc1cccs1)C1CC(=O)N(c2ccc(C#N)cc2)C1=O. The first-order valence-corrected chi connectivity index (χ1v) is 10.3. The van der Waals surface area contributed by atoms with Crippen LogP contribution in [0.25, 0.3) is 0 Å². The van der Waals surface area contributed by atoms with E-state index in [1.165, 1.54) is 11.3 Å². The standard InChI is InChI=1S/C22H23N3O3S/c1-22(2,3)12-20(27)24(14-17-5-4-10-29-17)18-11-19(26)25(21(18)28)16-8-6-15(13-23)7-9-16/h4-10,18H,11-12,14H2,1-3H3. The molecular weight excluding hydrogens is 386 g/mol. The van der Waals surface area contributed by atoms with Gasteiger partial charge in [-0.05, 0) is 41.1 Å². The molecule has 1 unspecified atom stereocenters. The van der Waals surface area contributed by atoms with Crippen LogP contribution in [0.5, 0.6) is 0 Å². The molecule has 1 aliphatic rings. The molecule has 0 aliphatic carbocycles. The summed E-state index contributed by atoms with van der Waals surface area (Å²) in [6, 6.07) is 11.3. The van der Waals surface area contributed by atoms with Gasteiger partial charge in [-0.25, -0.2) is 4.90 Å². The Morgan fingerprint density at radius 1 is 1.24 bits per heavy atom. The van der Waals surface area contributed by atoms with Crippen molar-refractivity contribution in [2.75, 3.05) is 4.90 Å². The zero-order valence-electron chi connectivity index (χ0n) is 16.7. The number of rotatable bonds is 5. The maximum absolute atomic E-state index is 13.2. The molecule has 6 nitrogen and oxygen atoms in total. The first-order valence-electron chi connectivity index (χ1n) is 9.38. The lowest BCUT2D eigenvalue weighted by molar-refractivity contribution is -0.140. The third-order valence-electron chi connectivity index (χ3n) is 4.66. The fourth-order valence-corrected chi connectivity index (χ4v) is 4.02. The van der Waals surface area contributed by atoms with Gasteiger partial charge in [0.05, 0.1) is 30.3 Å². The Bertz CT molecular complexity index is 953. The quantitative estimate of drug-likeness (QED) is 0.705. The molecule has 0 N–H and O–H groups in total. The van der Waals surface area contributed by atoms with Crippen molar-refractivity contribution in [3.8, 4) is 6.07 Å². The molecule has 0 spiro atoms. The molecule has 1 aromatic carbocycles. The van der Waals surface area contributed by atoms with Crippen molar-refractivity contribution in [2.45, 2.75) is 46.2 Å². The molecule has 1 atom stereocenters. The maximum Gasteiger partial charge on any atom is 0.257 e. The highest BCUT2D eigenvalue weighted by Crippen LogP contribution is 2.30. The second-order valence-corrected chi connectivity index (χ2v) is 9.32. The number of carbonyl (C=O) groups excluding carboxylic acids is 3. The molecule has 0 bridgehead atoms. The van der Waals surface area contributed by atoms with Gasteiger partial charge in [0.15, 0.2) is 0 Å². The Morgan fingerprint density at radius 2 is 1.93 bits per heavy atom. The number of nitrogens with zero attached hydrogens (tertiary/aromatic N) is 3. The summed E-state index contributed by atoms with van der Waals surface area (Å²) in [4.78, 5) is 42.5. The lowest BCUT2D eigenvalue weighted by Crippen LogP contribution is -2.45. The monoisotopic (exact) mass is 409 g/mol. The number of hydrogen-bond donors (Lipinski definition) is 0. The maximum atomic E-state index is 13.2. The molecule has 3 amide bonds. The van der Waals surface area contributed by atoms with E-state index in [0.717, 1.165) is 9.78 Å². The Hall–Kier alpha value is -2.98. The summed E-state index contributed by atoms with van der Waals surface area (Å²) in [6.45, 7) is 6.22. The average molecular weight is 410 g/mol. The topological polar surface area (TPSA) is 81.5 Å². The van der Waals surface area contributed by atoms with E-state index in [0.29, 0.717) is 17.8 Å². The zero-order chi connectivity index (χ0) is 21.2. The molecule has 2 aromatic rings. The van der Waals surface area contributed by atoms with Crippen LogP contribution < -0.4 is 4.90 Å². The van der Waals surface area contributed by atoms with Crippen molar-refractivity contribution < 1.29 is 14.4 Å². The van der Waals surface area contributed by atoms with Crippen LogP contribution in [0.4, 0.5) is 5.69 Å². The van der Waals surface area contributed by atoms with Crippen molar-refractivity contribution in [3.63, 3.8) is 0 Å². The van der Waals surface area contributed by atoms with Gasteiger partial charge in [-0.3, -0.25) is 14.4 Å². The summed E-state index contributed by atoms with van der Waals surface area (Å²) in [7, 11) is 0. The van der Waals surface area contributed by atoms with Gasteiger partial charge in [-0.2, -0.15) is 5.26 Å². The smallest absolute Gasteiger partial charge is 0.257 e. The molecule has 1 aliphatic heterocycles. The highest BCUT2D eigenvalue weighted by Gasteiger charge is 2.44. The second kappa shape index (κ2) is 8.18. The molecular formula is C22H23N3O3S. The number of benzene rings is 1. The average Bonchev–Trinajstić information content (AvgIpc) is 3.26. The Labute approximate surface area is 174 Å². The van der Waals surface area contributed by atoms with Crippen LogP contribution in [0.3, 0.4) is 0 Å². The van der Waals surface area contributed by atoms with Gasteiger partial charge >= 0.3 is 0 Å². The van der Waals surface area contributed by atoms with Gasteiger partial charge in [-0.1, -0.05) is 26.8 Å². The summed E-state index contributed by atoms with van der Waals surface area (Å²) in [5.41, 5.74) is 0.633. The number of nitriles is 1. The summed E-state index contributed by atoms with van der Waals surface area (Å²) in [5, 5.41) is 10.9. The number of amides is 3. The predicted molar refractivity (Wildman–Crippen MR) is 111 cm³/mol. The van der Waals surface area contributed by atoms with E-state index in [2.05, 4.69) is 0 Å². The van der Waals surface area contributed by atoms with E-state index in [4.69, 9.17) is 5.26 Å². The fourth-order valence-electron chi connectivity index (χ4n) is 3.31. The number of hydrogen-bond acceptors (Lipinski definition) is 5. The van der Waals surface area contributed by atoms with Crippen LogP contribution in [-0.4, -0.2) is 28.7 Å². The van der Waals surface area contributed by atoms with Crippen molar-refractivity contribution in [1.82, 2.24) is 4.90 Å². The second-order valence-electron chi connectivity index (χ2n) is 8.28. The highest BCUT2D eigenvalue weighted by atomic mass is 32.1. The minimum absolute atomic E-state index is 0.0416. The highest BCUT2D eigenvalue weighted by molar-refractivity contribution is 7.09. The first-order chi connectivity index (χ1) is 13.7. The van der Waals surface area contributed by atoms with E-state index in [1.54, 1.807) is 29.2 Å². The summed E-state index contributed by atoms with van der Waals surface area (Å²) in [5.74, 6) is -0.887. The largest absolute Gasteiger partial charge is 0.325 e. The van der Waals surface area contributed by atoms with E-state index >= 15 is 0 Å². The van der Waals surface area contributed by atoms with E-state index in [9.17, 15) is 14.4 Å². The minimum atomic E-state index is -0.824. The summed E-state index contributed by atoms with van der Waals surface area (Å²) in [6.07, 6.45) is 0.243. The molecule has 150 valence electrons. The van der Waals surface area contributed by atoms with Crippen LogP contribution >= 0.6 is 11.3 Å². The minimum Gasteiger partial charge on any atom is -0.325 e. The van der Waals surface area contributed by atoms with Gasteiger partial charge in [-0.15, -0.1) is 11.3 Å².